The van der Waals surface area contributed by atoms with Crippen LogP contribution in [0.3, 0.4) is 0 Å². The molecule has 0 saturated carbocycles. The van der Waals surface area contributed by atoms with E-state index in [-0.39, 0.29) is 12.2 Å². The molecule has 2 aromatic carbocycles. The molecule has 1 atom stereocenters. The number of aromatic nitrogens is 3. The fourth-order valence-corrected chi connectivity index (χ4v) is 4.56. The molecule has 1 amide bonds. The number of carbonyl (C=O) groups is 1. The van der Waals surface area contributed by atoms with Crippen LogP contribution < -0.4 is 9.80 Å². The maximum absolute atomic E-state index is 15.1. The minimum Gasteiger partial charge on any atom is -0.441 e. The van der Waals surface area contributed by atoms with Crippen LogP contribution >= 0.6 is 7.82 Å². The van der Waals surface area contributed by atoms with Gasteiger partial charge in [0, 0.05) is 25.7 Å². The van der Waals surface area contributed by atoms with Crippen LogP contribution in [0.25, 0.3) is 11.1 Å². The number of amides is 1. The summed E-state index contributed by atoms with van der Waals surface area (Å²) in [6, 6.07) is 10.2. The predicted octanol–water partition coefficient (Wildman–Crippen LogP) is 2.58. The van der Waals surface area contributed by atoms with Crippen molar-refractivity contribution in [2.24, 2.45) is 7.05 Å². The number of phosphoric ester groups is 1. The van der Waals surface area contributed by atoms with Crippen LogP contribution in [0.2, 0.25) is 0 Å². The number of nitrogens with zero attached hydrogens (tertiary/aromatic N) is 5. The van der Waals surface area contributed by atoms with Crippen molar-refractivity contribution in [1.29, 1.82) is 0 Å². The molecular weight excluding hydrogens is 468 g/mol. The van der Waals surface area contributed by atoms with E-state index in [1.165, 1.54) is 11.0 Å². The summed E-state index contributed by atoms with van der Waals surface area (Å²) in [6.45, 7) is 0.882. The average molecular weight is 489 g/mol. The second-order valence-electron chi connectivity index (χ2n) is 8.12. The van der Waals surface area contributed by atoms with Gasteiger partial charge >= 0.3 is 13.9 Å². The maximum Gasteiger partial charge on any atom is 0.469 e. The van der Waals surface area contributed by atoms with Gasteiger partial charge in [-0.25, -0.2) is 18.4 Å². The van der Waals surface area contributed by atoms with Crippen molar-refractivity contribution in [2.75, 3.05) is 23.0 Å². The number of benzene rings is 2. The van der Waals surface area contributed by atoms with E-state index in [1.54, 1.807) is 23.0 Å². The molecule has 34 heavy (non-hydrogen) atoms. The normalized spacial score (nSPS) is 17.9. The van der Waals surface area contributed by atoms with Crippen molar-refractivity contribution in [2.45, 2.75) is 19.2 Å². The Morgan fingerprint density at radius 2 is 2.00 bits per heavy atom. The van der Waals surface area contributed by atoms with Crippen molar-refractivity contribution in [3.05, 3.63) is 59.5 Å². The lowest BCUT2D eigenvalue weighted by Gasteiger charge is -2.16. The average Bonchev–Trinajstić information content (AvgIpc) is 3.48. The van der Waals surface area contributed by atoms with E-state index in [2.05, 4.69) is 19.7 Å². The zero-order valence-corrected chi connectivity index (χ0v) is 18.9. The molecule has 3 heterocycles. The molecule has 0 bridgehead atoms. The molecule has 178 valence electrons. The summed E-state index contributed by atoms with van der Waals surface area (Å²) in [7, 11) is -2.85. The van der Waals surface area contributed by atoms with Gasteiger partial charge in [-0.15, -0.1) is 5.10 Å². The highest BCUT2D eigenvalue weighted by Crippen LogP contribution is 2.37. The summed E-state index contributed by atoms with van der Waals surface area (Å²) in [6.07, 6.45) is 0.0863. The zero-order chi connectivity index (χ0) is 24.0. The quantitative estimate of drug-likeness (QED) is 0.502. The fourth-order valence-electron chi connectivity index (χ4n) is 4.20. The lowest BCUT2D eigenvalue weighted by Crippen LogP contribution is -2.25. The summed E-state index contributed by atoms with van der Waals surface area (Å²) in [4.78, 5) is 33.1. The number of hydrogen-bond acceptors (Lipinski definition) is 7. The smallest absolute Gasteiger partial charge is 0.441 e. The fraction of sp³-hybridized carbons (Fsp3) is 0.286. The Hall–Kier alpha value is -3.31. The third kappa shape index (κ3) is 4.40. The number of cyclic esters (lactones) is 1. The van der Waals surface area contributed by atoms with E-state index in [1.807, 2.05) is 25.2 Å². The number of hydrogen-bond donors (Lipinski definition) is 2. The number of rotatable bonds is 6. The summed E-state index contributed by atoms with van der Waals surface area (Å²) in [5.74, 6) is 0.390. The monoisotopic (exact) mass is 489 g/mol. The molecule has 0 spiro atoms. The van der Waals surface area contributed by atoms with Crippen LogP contribution in [-0.4, -0.2) is 50.1 Å². The maximum atomic E-state index is 15.1. The largest absolute Gasteiger partial charge is 0.469 e. The molecular formula is C21H21FN5O6P. The van der Waals surface area contributed by atoms with E-state index < -0.39 is 32.4 Å². The van der Waals surface area contributed by atoms with E-state index >= 15 is 4.39 Å². The minimum absolute atomic E-state index is 0.0187. The van der Waals surface area contributed by atoms with Gasteiger partial charge in [0.2, 0.25) is 0 Å². The number of fused-ring (bicyclic) bond motifs is 1. The Morgan fingerprint density at radius 3 is 2.71 bits per heavy atom. The highest BCUT2D eigenvalue weighted by Gasteiger charge is 2.34. The molecule has 2 N–H and O–H groups in total. The Morgan fingerprint density at radius 1 is 1.21 bits per heavy atom. The first-order valence-corrected chi connectivity index (χ1v) is 11.9. The lowest BCUT2D eigenvalue weighted by atomic mass is 10.00. The van der Waals surface area contributed by atoms with Gasteiger partial charge in [0.25, 0.3) is 0 Å². The molecule has 13 heteroatoms. The predicted molar refractivity (Wildman–Crippen MR) is 118 cm³/mol. The van der Waals surface area contributed by atoms with Crippen molar-refractivity contribution < 1.29 is 32.8 Å². The van der Waals surface area contributed by atoms with Crippen LogP contribution in [0.1, 0.15) is 11.1 Å². The molecule has 0 radical (unpaired) electrons. The van der Waals surface area contributed by atoms with Gasteiger partial charge in [-0.05, 0) is 41.0 Å². The molecule has 3 aromatic rings. The van der Waals surface area contributed by atoms with Gasteiger partial charge in [0.15, 0.2) is 0 Å². The Balaban J connectivity index is 1.32. The Labute approximate surface area is 193 Å². The van der Waals surface area contributed by atoms with Gasteiger partial charge in [-0.1, -0.05) is 17.3 Å². The van der Waals surface area contributed by atoms with Crippen LogP contribution in [0, 0.1) is 5.82 Å². The molecule has 11 nitrogen and oxygen atoms in total. The zero-order valence-electron chi connectivity index (χ0n) is 18.0. The summed E-state index contributed by atoms with van der Waals surface area (Å²) < 4.78 is 37.1. The second-order valence-corrected chi connectivity index (χ2v) is 9.36. The van der Waals surface area contributed by atoms with Gasteiger partial charge < -0.3 is 19.4 Å². The first kappa shape index (κ1) is 22.5. The number of aryl methyl sites for hydroxylation is 1. The van der Waals surface area contributed by atoms with Gasteiger partial charge in [0.1, 0.15) is 17.7 Å². The summed E-state index contributed by atoms with van der Waals surface area (Å²) >= 11 is 0. The topological polar surface area (TPSA) is 130 Å². The van der Waals surface area contributed by atoms with Crippen molar-refractivity contribution in [1.82, 2.24) is 15.0 Å². The van der Waals surface area contributed by atoms with Gasteiger partial charge in [0.05, 0.1) is 25.0 Å². The molecule has 2 aliphatic rings. The number of halogens is 1. The third-order valence-corrected chi connectivity index (χ3v) is 6.31. The third-order valence-electron chi connectivity index (χ3n) is 5.82. The number of ether oxygens (including phenoxy) is 1. The van der Waals surface area contributed by atoms with Crippen molar-refractivity contribution in [3.63, 3.8) is 0 Å². The highest BCUT2D eigenvalue weighted by molar-refractivity contribution is 7.46. The SMILES string of the molecule is Cn1nncc1N1Cc2ccc(-c3ccc(N4C[C@H](COP(=O)(O)O)OC4=O)cc3F)cc2C1. The lowest BCUT2D eigenvalue weighted by molar-refractivity contribution is 0.0880. The minimum atomic E-state index is -4.69. The van der Waals surface area contributed by atoms with Gasteiger partial charge in [-0.2, -0.15) is 0 Å². The molecule has 0 unspecified atom stereocenters. The van der Waals surface area contributed by atoms with Gasteiger partial charge in [-0.3, -0.25) is 9.42 Å². The van der Waals surface area contributed by atoms with E-state index in [0.29, 0.717) is 24.2 Å². The van der Waals surface area contributed by atoms with Crippen LogP contribution in [-0.2, 0) is 34.0 Å². The number of anilines is 2. The molecule has 2 aliphatic heterocycles. The molecule has 0 aliphatic carbocycles. The Kier molecular flexibility index (Phi) is 5.61. The highest BCUT2D eigenvalue weighted by atomic mass is 31.2. The summed E-state index contributed by atoms with van der Waals surface area (Å²) in [5.41, 5.74) is 3.61. The Bertz CT molecular complexity index is 1310. The summed E-state index contributed by atoms with van der Waals surface area (Å²) in [5, 5.41) is 7.89. The van der Waals surface area contributed by atoms with E-state index in [4.69, 9.17) is 14.5 Å². The van der Waals surface area contributed by atoms with Crippen LogP contribution in [0.4, 0.5) is 20.7 Å². The van der Waals surface area contributed by atoms with E-state index in [0.717, 1.165) is 16.9 Å². The second kappa shape index (κ2) is 8.48. The van der Waals surface area contributed by atoms with Crippen LogP contribution in [0.5, 0.6) is 0 Å². The molecule has 1 saturated heterocycles. The first-order chi connectivity index (χ1) is 16.2. The molecule has 1 aromatic heterocycles. The van der Waals surface area contributed by atoms with Crippen LogP contribution in [0.15, 0.2) is 42.6 Å². The van der Waals surface area contributed by atoms with E-state index in [9.17, 15) is 9.36 Å². The molecule has 5 rings (SSSR count). The van der Waals surface area contributed by atoms with Crippen molar-refractivity contribution in [3.8, 4) is 11.1 Å². The molecule has 1 fully saturated rings. The number of carbonyl (C=O) groups excluding carboxylic acids is 1. The standard InChI is InChI=1S/C21H21FN5O6P/c1-25-20(8-23-24-25)26-9-14-3-2-13(6-15(14)10-26)18-5-4-16(7-19(18)22)27-11-17(33-21(27)28)12-32-34(29,30)31/h2-8,17H,9-12H2,1H3,(H2,29,30,31)/t17-/m1/s1. The van der Waals surface area contributed by atoms with Crippen molar-refractivity contribution >= 4 is 25.4 Å². The first-order valence-electron chi connectivity index (χ1n) is 10.4. The number of phosphoric acid groups is 1.